The normalized spacial score (nSPS) is 17.8. The zero-order valence-corrected chi connectivity index (χ0v) is 19.2. The third-order valence-corrected chi connectivity index (χ3v) is 7.32. The Morgan fingerprint density at radius 3 is 2.38 bits per heavy atom. The topological polar surface area (TPSA) is 48.9 Å². The van der Waals surface area contributed by atoms with Gasteiger partial charge in [0.15, 0.2) is 0 Å². The van der Waals surface area contributed by atoms with Gasteiger partial charge in [0.1, 0.15) is 5.75 Å². The van der Waals surface area contributed by atoms with Crippen LogP contribution in [-0.2, 0) is 11.2 Å². The molecule has 0 unspecified atom stereocenters. The van der Waals surface area contributed by atoms with Crippen LogP contribution in [0.5, 0.6) is 10.9 Å². The van der Waals surface area contributed by atoms with E-state index in [4.69, 9.17) is 4.74 Å². The third kappa shape index (κ3) is 5.28. The number of nitrogens with zero attached hydrogens (tertiary/aromatic N) is 4. The van der Waals surface area contributed by atoms with Gasteiger partial charge in [-0.05, 0) is 49.1 Å². The minimum Gasteiger partial charge on any atom is -0.431 e. The lowest BCUT2D eigenvalue weighted by molar-refractivity contribution is -0.131. The molecule has 3 aromatic rings. The molecule has 0 spiro atoms. The van der Waals surface area contributed by atoms with Crippen LogP contribution in [0.3, 0.4) is 0 Å². The molecule has 0 aliphatic carbocycles. The molecule has 0 radical (unpaired) electrons. The van der Waals surface area contributed by atoms with E-state index in [0.29, 0.717) is 17.6 Å². The predicted molar refractivity (Wildman–Crippen MR) is 129 cm³/mol. The van der Waals surface area contributed by atoms with Gasteiger partial charge in [-0.15, -0.1) is 0 Å². The molecule has 2 saturated heterocycles. The summed E-state index contributed by atoms with van der Waals surface area (Å²) >= 11 is 1.57. The number of hydrogen-bond donors (Lipinski definition) is 0. The summed E-state index contributed by atoms with van der Waals surface area (Å²) in [6, 6.07) is 16.4. The van der Waals surface area contributed by atoms with Crippen molar-refractivity contribution in [2.45, 2.75) is 19.3 Å². The molecule has 0 N–H and O–H groups in total. The number of para-hydroxylation sites is 1. The fraction of sp³-hybridized carbons (Fsp3) is 0.440. The number of rotatable bonds is 7. The molecule has 2 aliphatic rings. The van der Waals surface area contributed by atoms with Gasteiger partial charge in [-0.1, -0.05) is 35.6 Å². The fourth-order valence-corrected chi connectivity index (χ4v) is 5.27. The Morgan fingerprint density at radius 1 is 0.906 bits per heavy atom. The van der Waals surface area contributed by atoms with E-state index >= 15 is 0 Å². The average Bonchev–Trinajstić information content (AvgIpc) is 3.49. The maximum atomic E-state index is 12.4. The maximum absolute atomic E-state index is 12.4. The number of ether oxygens (including phenoxy) is 1. The van der Waals surface area contributed by atoms with Gasteiger partial charge in [0.05, 0.1) is 16.8 Å². The van der Waals surface area contributed by atoms with Crippen LogP contribution in [0.25, 0.3) is 10.2 Å². The summed E-state index contributed by atoms with van der Waals surface area (Å²) in [5.41, 5.74) is 2.29. The van der Waals surface area contributed by atoms with Crippen LogP contribution in [-0.4, -0.2) is 77.9 Å². The van der Waals surface area contributed by atoms with Gasteiger partial charge in [-0.25, -0.2) is 4.98 Å². The number of benzene rings is 2. The highest BCUT2D eigenvalue weighted by atomic mass is 32.1. The summed E-state index contributed by atoms with van der Waals surface area (Å²) < 4.78 is 7.09. The summed E-state index contributed by atoms with van der Waals surface area (Å²) in [4.78, 5) is 23.7. The number of hydrogen-bond acceptors (Lipinski definition) is 6. The molecular weight excluding hydrogens is 420 g/mol. The zero-order chi connectivity index (χ0) is 21.8. The first-order chi connectivity index (χ1) is 15.7. The van der Waals surface area contributed by atoms with E-state index in [1.807, 2.05) is 35.2 Å². The molecule has 2 aromatic carbocycles. The molecule has 6 nitrogen and oxygen atoms in total. The van der Waals surface area contributed by atoms with Gasteiger partial charge in [0.2, 0.25) is 5.91 Å². The molecular formula is C25H30N4O2S. The van der Waals surface area contributed by atoms with E-state index in [1.54, 1.807) is 11.3 Å². The molecule has 2 fully saturated rings. The monoisotopic (exact) mass is 450 g/mol. The molecule has 32 heavy (non-hydrogen) atoms. The lowest BCUT2D eigenvalue weighted by Gasteiger charge is -2.35. The summed E-state index contributed by atoms with van der Waals surface area (Å²) in [7, 11) is 0. The third-order valence-electron chi connectivity index (χ3n) is 6.40. The molecule has 168 valence electrons. The highest BCUT2D eigenvalue weighted by Crippen LogP contribution is 2.31. The van der Waals surface area contributed by atoms with Crippen molar-refractivity contribution in [1.29, 1.82) is 0 Å². The first-order valence-electron chi connectivity index (χ1n) is 11.6. The largest absolute Gasteiger partial charge is 0.431 e. The smallest absolute Gasteiger partial charge is 0.279 e. The maximum Gasteiger partial charge on any atom is 0.279 e. The highest BCUT2D eigenvalue weighted by molar-refractivity contribution is 7.20. The van der Waals surface area contributed by atoms with Crippen LogP contribution >= 0.6 is 11.3 Å². The number of fused-ring (bicyclic) bond motifs is 1. The molecule has 1 aromatic heterocycles. The van der Waals surface area contributed by atoms with Crippen molar-refractivity contribution in [3.63, 3.8) is 0 Å². The van der Waals surface area contributed by atoms with Gasteiger partial charge in [-0.2, -0.15) is 0 Å². The average molecular weight is 451 g/mol. The zero-order valence-electron chi connectivity index (χ0n) is 18.4. The van der Waals surface area contributed by atoms with Crippen LogP contribution in [0.2, 0.25) is 0 Å². The Balaban J connectivity index is 1.05. The lowest BCUT2D eigenvalue weighted by Crippen LogP contribution is -2.50. The van der Waals surface area contributed by atoms with Gasteiger partial charge in [-0.3, -0.25) is 9.69 Å². The Morgan fingerprint density at radius 2 is 1.62 bits per heavy atom. The Kier molecular flexibility index (Phi) is 6.67. The molecule has 0 atom stereocenters. The first kappa shape index (κ1) is 21.4. The van der Waals surface area contributed by atoms with Crippen LogP contribution in [0, 0.1) is 0 Å². The quantitative estimate of drug-likeness (QED) is 0.547. The molecule has 0 saturated carbocycles. The summed E-state index contributed by atoms with van der Waals surface area (Å²) in [6.07, 6.45) is 3.34. The second-order valence-corrected chi connectivity index (χ2v) is 9.64. The van der Waals surface area contributed by atoms with Crippen molar-refractivity contribution in [1.82, 2.24) is 19.7 Å². The Hall–Kier alpha value is -2.48. The number of thiazole rings is 1. The minimum absolute atomic E-state index is 0.309. The number of likely N-dealkylation sites (tertiary alicyclic amines) is 1. The van der Waals surface area contributed by atoms with Crippen molar-refractivity contribution >= 4 is 27.5 Å². The van der Waals surface area contributed by atoms with Crippen molar-refractivity contribution in [3.05, 3.63) is 54.1 Å². The lowest BCUT2D eigenvalue weighted by atomic mass is 10.1. The van der Waals surface area contributed by atoms with Gasteiger partial charge >= 0.3 is 0 Å². The standard InChI is InChI=1S/C25H30N4O2S/c30-24(29-12-3-4-13-29)19-28-17-15-27(16-18-28)14-11-20-7-9-21(10-8-20)31-25-26-22-5-1-2-6-23(22)32-25/h1-2,5-10H,3-4,11-19H2. The van der Waals surface area contributed by atoms with Crippen LogP contribution in [0.1, 0.15) is 18.4 Å². The Labute approximate surface area is 193 Å². The van der Waals surface area contributed by atoms with Crippen LogP contribution in [0.4, 0.5) is 0 Å². The van der Waals surface area contributed by atoms with Crippen molar-refractivity contribution in [3.8, 4) is 10.9 Å². The van der Waals surface area contributed by atoms with E-state index in [0.717, 1.165) is 81.0 Å². The summed E-state index contributed by atoms with van der Waals surface area (Å²) in [6.45, 7) is 7.56. The van der Waals surface area contributed by atoms with Crippen molar-refractivity contribution < 1.29 is 9.53 Å². The van der Waals surface area contributed by atoms with Gasteiger partial charge in [0.25, 0.3) is 5.19 Å². The number of carbonyl (C=O) groups excluding carboxylic acids is 1. The van der Waals surface area contributed by atoms with E-state index in [2.05, 4.69) is 33.0 Å². The van der Waals surface area contributed by atoms with E-state index in [9.17, 15) is 4.79 Å². The van der Waals surface area contributed by atoms with Gasteiger partial charge in [0, 0.05) is 45.8 Å². The molecule has 7 heteroatoms. The summed E-state index contributed by atoms with van der Waals surface area (Å²) in [5, 5.41) is 0.681. The van der Waals surface area contributed by atoms with Crippen LogP contribution in [0.15, 0.2) is 48.5 Å². The van der Waals surface area contributed by atoms with Gasteiger partial charge < -0.3 is 14.5 Å². The Bertz CT molecular complexity index is 1000. The fourth-order valence-electron chi connectivity index (χ4n) is 4.44. The van der Waals surface area contributed by atoms with Crippen LogP contribution < -0.4 is 4.74 Å². The molecule has 1 amide bonds. The SMILES string of the molecule is O=C(CN1CCN(CCc2ccc(Oc3nc4ccccc4s3)cc2)CC1)N1CCCC1. The molecule has 0 bridgehead atoms. The number of carbonyl (C=O) groups is 1. The number of piperazine rings is 1. The summed E-state index contributed by atoms with van der Waals surface area (Å²) in [5.74, 6) is 1.13. The van der Waals surface area contributed by atoms with Crippen molar-refractivity contribution in [2.75, 3.05) is 52.4 Å². The predicted octanol–water partition coefficient (Wildman–Crippen LogP) is 3.87. The molecule has 3 heterocycles. The second-order valence-electron chi connectivity index (χ2n) is 8.65. The number of amides is 1. The van der Waals surface area contributed by atoms with E-state index in [-0.39, 0.29) is 0 Å². The first-order valence-corrected chi connectivity index (χ1v) is 12.4. The molecule has 5 rings (SSSR count). The van der Waals surface area contributed by atoms with Crippen molar-refractivity contribution in [2.24, 2.45) is 0 Å². The minimum atomic E-state index is 0.309. The highest BCUT2D eigenvalue weighted by Gasteiger charge is 2.23. The molecule has 2 aliphatic heterocycles. The second kappa shape index (κ2) is 9.98. The van der Waals surface area contributed by atoms with E-state index in [1.165, 1.54) is 5.56 Å². The number of aromatic nitrogens is 1. The van der Waals surface area contributed by atoms with E-state index < -0.39 is 0 Å².